The number of fused-ring (bicyclic) bond motifs is 1. The summed E-state index contributed by atoms with van der Waals surface area (Å²) in [5.41, 5.74) is 0.663. The Bertz CT molecular complexity index is 540. The molecule has 0 N–H and O–H groups in total. The van der Waals surface area contributed by atoms with Gasteiger partial charge in [-0.1, -0.05) is 29.8 Å². The summed E-state index contributed by atoms with van der Waals surface area (Å²) in [4.78, 5) is 12.5. The second kappa shape index (κ2) is 4.08. The second-order valence-electron chi connectivity index (χ2n) is 6.98. The molecule has 108 valence electrons. The van der Waals surface area contributed by atoms with Crippen LogP contribution in [0, 0.1) is 6.92 Å². The van der Waals surface area contributed by atoms with Crippen LogP contribution in [0.25, 0.3) is 0 Å². The van der Waals surface area contributed by atoms with Crippen LogP contribution in [0.1, 0.15) is 51.2 Å². The zero-order valence-electron chi connectivity index (χ0n) is 12.7. The molecular formula is C17H22O3. The molecule has 1 saturated heterocycles. The van der Waals surface area contributed by atoms with Gasteiger partial charge in [-0.25, -0.2) is 4.79 Å². The topological polar surface area (TPSA) is 38.8 Å². The molecule has 0 bridgehead atoms. The van der Waals surface area contributed by atoms with E-state index in [0.29, 0.717) is 0 Å². The Morgan fingerprint density at radius 1 is 1.20 bits per heavy atom. The standard InChI is InChI=1S/C17H22O3/c1-12-6-8-13(9-7-12)16-10-5-11-17(16,20-16)14(18)19-15(2,3)4/h6-9H,5,10-11H2,1-4H3. The molecule has 1 aromatic carbocycles. The SMILES string of the molecule is Cc1ccc(C23CCCC2(C(=O)OC(C)(C)C)O3)cc1. The summed E-state index contributed by atoms with van der Waals surface area (Å²) < 4.78 is 11.6. The highest BCUT2D eigenvalue weighted by atomic mass is 16.7. The predicted molar refractivity (Wildman–Crippen MR) is 76.4 cm³/mol. The minimum absolute atomic E-state index is 0.205. The molecule has 2 atom stereocenters. The molecule has 0 radical (unpaired) electrons. The maximum Gasteiger partial charge on any atom is 0.342 e. The third-order valence-electron chi connectivity index (χ3n) is 4.26. The third-order valence-corrected chi connectivity index (χ3v) is 4.26. The lowest BCUT2D eigenvalue weighted by atomic mass is 9.88. The van der Waals surface area contributed by atoms with Crippen molar-refractivity contribution < 1.29 is 14.3 Å². The Morgan fingerprint density at radius 2 is 1.85 bits per heavy atom. The normalized spacial score (nSPS) is 31.8. The van der Waals surface area contributed by atoms with Gasteiger partial charge < -0.3 is 9.47 Å². The van der Waals surface area contributed by atoms with E-state index < -0.39 is 16.8 Å². The van der Waals surface area contributed by atoms with Gasteiger partial charge in [0.25, 0.3) is 0 Å². The predicted octanol–water partition coefficient (Wildman–Crippen LogP) is 3.48. The Morgan fingerprint density at radius 3 is 2.45 bits per heavy atom. The minimum atomic E-state index is -0.741. The number of benzene rings is 1. The number of rotatable bonds is 2. The Balaban J connectivity index is 1.89. The summed E-state index contributed by atoms with van der Waals surface area (Å²) >= 11 is 0. The number of ether oxygens (including phenoxy) is 2. The Labute approximate surface area is 120 Å². The highest BCUT2D eigenvalue weighted by Gasteiger charge is 2.78. The van der Waals surface area contributed by atoms with Crippen LogP contribution in [0.5, 0.6) is 0 Å². The molecule has 3 nitrogen and oxygen atoms in total. The van der Waals surface area contributed by atoms with E-state index in [1.54, 1.807) is 0 Å². The molecule has 0 spiro atoms. The Kier molecular flexibility index (Phi) is 2.78. The lowest BCUT2D eigenvalue weighted by Crippen LogP contribution is -2.36. The van der Waals surface area contributed by atoms with E-state index in [1.165, 1.54) is 5.56 Å². The molecule has 3 rings (SSSR count). The summed E-state index contributed by atoms with van der Waals surface area (Å²) in [6.07, 6.45) is 2.66. The lowest BCUT2D eigenvalue weighted by molar-refractivity contribution is -0.161. The van der Waals surface area contributed by atoms with Gasteiger partial charge in [-0.05, 0) is 52.5 Å². The summed E-state index contributed by atoms with van der Waals surface area (Å²) in [6.45, 7) is 7.75. The van der Waals surface area contributed by atoms with E-state index in [1.807, 2.05) is 20.8 Å². The van der Waals surface area contributed by atoms with Gasteiger partial charge in [-0.3, -0.25) is 0 Å². The molecule has 1 aromatic rings. The quantitative estimate of drug-likeness (QED) is 0.612. The first-order valence-corrected chi connectivity index (χ1v) is 7.30. The van der Waals surface area contributed by atoms with Gasteiger partial charge in [0, 0.05) is 0 Å². The molecule has 2 fully saturated rings. The van der Waals surface area contributed by atoms with Crippen molar-refractivity contribution >= 4 is 5.97 Å². The fraction of sp³-hybridized carbons (Fsp3) is 0.588. The Hall–Kier alpha value is -1.35. The molecule has 1 saturated carbocycles. The zero-order chi connectivity index (χ0) is 14.6. The maximum atomic E-state index is 12.5. The average molecular weight is 274 g/mol. The van der Waals surface area contributed by atoms with Gasteiger partial charge in [0.15, 0.2) is 5.60 Å². The number of carbonyl (C=O) groups is 1. The fourth-order valence-corrected chi connectivity index (χ4v) is 3.29. The van der Waals surface area contributed by atoms with Gasteiger partial charge in [-0.2, -0.15) is 0 Å². The third kappa shape index (κ3) is 1.87. The molecule has 0 aromatic heterocycles. The van der Waals surface area contributed by atoms with Crippen LogP contribution in [-0.2, 0) is 19.9 Å². The van der Waals surface area contributed by atoms with Gasteiger partial charge in [0.05, 0.1) is 0 Å². The number of hydrogen-bond acceptors (Lipinski definition) is 3. The van der Waals surface area contributed by atoms with Gasteiger partial charge in [-0.15, -0.1) is 0 Å². The highest BCUT2D eigenvalue weighted by Crippen LogP contribution is 2.66. The molecule has 3 heteroatoms. The van der Waals surface area contributed by atoms with E-state index in [2.05, 4.69) is 31.2 Å². The van der Waals surface area contributed by atoms with Crippen molar-refractivity contribution in [3.63, 3.8) is 0 Å². The van der Waals surface area contributed by atoms with Crippen molar-refractivity contribution in [2.24, 2.45) is 0 Å². The van der Waals surface area contributed by atoms with Crippen molar-refractivity contribution in [2.45, 2.75) is 63.8 Å². The molecule has 0 amide bonds. The summed E-state index contributed by atoms with van der Waals surface area (Å²) in [5, 5.41) is 0. The second-order valence-corrected chi connectivity index (χ2v) is 6.98. The average Bonchev–Trinajstić information content (AvgIpc) is 2.87. The van der Waals surface area contributed by atoms with Crippen LogP contribution in [0.4, 0.5) is 0 Å². The summed E-state index contributed by atoms with van der Waals surface area (Å²) in [5.74, 6) is -0.205. The molecule has 1 aliphatic carbocycles. The number of esters is 1. The van der Waals surface area contributed by atoms with Crippen LogP contribution < -0.4 is 0 Å². The van der Waals surface area contributed by atoms with E-state index in [4.69, 9.17) is 9.47 Å². The first kappa shape index (κ1) is 13.6. The molecule has 2 aliphatic rings. The molecule has 20 heavy (non-hydrogen) atoms. The van der Waals surface area contributed by atoms with Crippen molar-refractivity contribution in [1.82, 2.24) is 0 Å². The van der Waals surface area contributed by atoms with E-state index in [0.717, 1.165) is 24.8 Å². The lowest BCUT2D eigenvalue weighted by Gasteiger charge is -2.22. The highest BCUT2D eigenvalue weighted by molar-refractivity contribution is 5.86. The monoisotopic (exact) mass is 274 g/mol. The molecule has 2 unspecified atom stereocenters. The van der Waals surface area contributed by atoms with E-state index in [9.17, 15) is 4.79 Å². The largest absolute Gasteiger partial charge is 0.458 e. The smallest absolute Gasteiger partial charge is 0.342 e. The first-order valence-electron chi connectivity index (χ1n) is 7.30. The summed E-state index contributed by atoms with van der Waals surface area (Å²) in [6, 6.07) is 8.30. The number of carbonyl (C=O) groups excluding carboxylic acids is 1. The fourth-order valence-electron chi connectivity index (χ4n) is 3.29. The van der Waals surface area contributed by atoms with Crippen LogP contribution in [0.2, 0.25) is 0 Å². The van der Waals surface area contributed by atoms with Crippen LogP contribution in [0.15, 0.2) is 24.3 Å². The van der Waals surface area contributed by atoms with Crippen molar-refractivity contribution in [2.75, 3.05) is 0 Å². The van der Waals surface area contributed by atoms with Gasteiger partial charge in [0.2, 0.25) is 0 Å². The van der Waals surface area contributed by atoms with E-state index in [-0.39, 0.29) is 5.97 Å². The van der Waals surface area contributed by atoms with Gasteiger partial charge in [0.1, 0.15) is 11.2 Å². The van der Waals surface area contributed by atoms with Crippen molar-refractivity contribution in [3.8, 4) is 0 Å². The van der Waals surface area contributed by atoms with Crippen LogP contribution in [-0.4, -0.2) is 17.2 Å². The minimum Gasteiger partial charge on any atom is -0.458 e. The van der Waals surface area contributed by atoms with Crippen LogP contribution >= 0.6 is 0 Å². The van der Waals surface area contributed by atoms with Gasteiger partial charge >= 0.3 is 5.97 Å². The van der Waals surface area contributed by atoms with E-state index >= 15 is 0 Å². The summed E-state index contributed by atoms with van der Waals surface area (Å²) in [7, 11) is 0. The molecule has 1 aliphatic heterocycles. The maximum absolute atomic E-state index is 12.5. The molecular weight excluding hydrogens is 252 g/mol. The van der Waals surface area contributed by atoms with Crippen LogP contribution in [0.3, 0.4) is 0 Å². The number of aryl methyl sites for hydroxylation is 1. The number of hydrogen-bond donors (Lipinski definition) is 0. The number of epoxide rings is 1. The van der Waals surface area contributed by atoms with Crippen molar-refractivity contribution in [3.05, 3.63) is 35.4 Å². The van der Waals surface area contributed by atoms with Crippen molar-refractivity contribution in [1.29, 1.82) is 0 Å². The first-order chi connectivity index (χ1) is 9.29. The zero-order valence-corrected chi connectivity index (χ0v) is 12.7. The molecule has 1 heterocycles.